The lowest BCUT2D eigenvalue weighted by Gasteiger charge is -2.29. The molecule has 0 unspecified atom stereocenters. The van der Waals surface area contributed by atoms with Gasteiger partial charge in [-0.05, 0) is 74.1 Å². The quantitative estimate of drug-likeness (QED) is 0.511. The van der Waals surface area contributed by atoms with Crippen molar-refractivity contribution in [2.24, 2.45) is 0 Å². The van der Waals surface area contributed by atoms with Gasteiger partial charge in [-0.3, -0.25) is 9.80 Å². The van der Waals surface area contributed by atoms with Crippen molar-refractivity contribution in [2.75, 3.05) is 26.2 Å². The summed E-state index contributed by atoms with van der Waals surface area (Å²) < 4.78 is 0. The fourth-order valence-electron chi connectivity index (χ4n) is 5.31. The Morgan fingerprint density at radius 3 is 1.29 bits per heavy atom. The van der Waals surface area contributed by atoms with E-state index in [0.717, 1.165) is 13.1 Å². The van der Waals surface area contributed by atoms with Gasteiger partial charge in [-0.15, -0.1) is 0 Å². The van der Waals surface area contributed by atoms with Gasteiger partial charge in [0, 0.05) is 13.1 Å². The third-order valence-electron chi connectivity index (χ3n) is 7.00. The van der Waals surface area contributed by atoms with Gasteiger partial charge in [0.15, 0.2) is 0 Å². The molecule has 0 saturated carbocycles. The lowest BCUT2D eigenvalue weighted by atomic mass is 9.98. The van der Waals surface area contributed by atoms with Crippen LogP contribution in [0.15, 0.2) is 60.7 Å². The highest BCUT2D eigenvalue weighted by Crippen LogP contribution is 2.36. The van der Waals surface area contributed by atoms with Crippen molar-refractivity contribution in [3.8, 4) is 22.5 Å². The first-order chi connectivity index (χ1) is 15.4. The van der Waals surface area contributed by atoms with Crippen molar-refractivity contribution in [1.82, 2.24) is 14.8 Å². The number of aromatic nitrogens is 1. The minimum Gasteiger partial charge on any atom is -0.354 e. The molecule has 2 saturated heterocycles. The van der Waals surface area contributed by atoms with E-state index in [2.05, 4.69) is 75.4 Å². The maximum atomic E-state index is 3.91. The molecule has 2 aliphatic heterocycles. The van der Waals surface area contributed by atoms with E-state index in [4.69, 9.17) is 0 Å². The highest BCUT2D eigenvalue weighted by atomic mass is 15.1. The minimum absolute atomic E-state index is 1.05. The van der Waals surface area contributed by atoms with Crippen LogP contribution in [-0.2, 0) is 13.1 Å². The van der Waals surface area contributed by atoms with Gasteiger partial charge < -0.3 is 4.98 Å². The van der Waals surface area contributed by atoms with E-state index in [9.17, 15) is 0 Å². The molecule has 0 amide bonds. The highest BCUT2D eigenvalue weighted by Gasteiger charge is 2.24. The fraction of sp³-hybridized carbons (Fsp3) is 0.429. The molecule has 2 fully saturated rings. The molecule has 1 N–H and O–H groups in total. The van der Waals surface area contributed by atoms with Gasteiger partial charge in [0.25, 0.3) is 0 Å². The average Bonchev–Trinajstić information content (AvgIpc) is 3.19. The Bertz CT molecular complexity index is 871. The average molecular weight is 414 g/mol. The summed E-state index contributed by atoms with van der Waals surface area (Å²) in [6.45, 7) is 7.01. The van der Waals surface area contributed by atoms with Gasteiger partial charge >= 0.3 is 0 Å². The number of piperidine rings is 2. The monoisotopic (exact) mass is 413 g/mol. The third kappa shape index (κ3) is 4.78. The number of nitrogens with one attached hydrogen (secondary N) is 1. The first-order valence-electron chi connectivity index (χ1n) is 12.2. The predicted octanol–water partition coefficient (Wildman–Crippen LogP) is 6.32. The first-order valence-corrected chi connectivity index (χ1v) is 12.2. The zero-order valence-corrected chi connectivity index (χ0v) is 18.7. The number of rotatable bonds is 6. The van der Waals surface area contributed by atoms with Crippen molar-refractivity contribution in [1.29, 1.82) is 0 Å². The molecule has 0 spiro atoms. The van der Waals surface area contributed by atoms with Gasteiger partial charge in [0.2, 0.25) is 0 Å². The van der Waals surface area contributed by atoms with Crippen LogP contribution < -0.4 is 0 Å². The van der Waals surface area contributed by atoms with Gasteiger partial charge in [-0.2, -0.15) is 0 Å². The molecule has 5 rings (SSSR count). The summed E-state index contributed by atoms with van der Waals surface area (Å²) in [6, 6.07) is 21.9. The number of aromatic amines is 1. The van der Waals surface area contributed by atoms with E-state index in [-0.39, 0.29) is 0 Å². The molecule has 3 nitrogen and oxygen atoms in total. The summed E-state index contributed by atoms with van der Waals surface area (Å²) in [5.41, 5.74) is 8.26. The number of hydrogen-bond donors (Lipinski definition) is 1. The third-order valence-corrected chi connectivity index (χ3v) is 7.00. The normalized spacial score (nSPS) is 18.3. The van der Waals surface area contributed by atoms with Crippen LogP contribution in [0.1, 0.15) is 49.7 Å². The lowest BCUT2D eigenvalue weighted by molar-refractivity contribution is 0.210. The smallest absolute Gasteiger partial charge is 0.0507 e. The van der Waals surface area contributed by atoms with Crippen LogP contribution in [0, 0.1) is 0 Å². The van der Waals surface area contributed by atoms with Crippen molar-refractivity contribution in [3.63, 3.8) is 0 Å². The number of nitrogens with zero attached hydrogens (tertiary/aromatic N) is 2. The molecule has 31 heavy (non-hydrogen) atoms. The van der Waals surface area contributed by atoms with Gasteiger partial charge in [-0.1, -0.05) is 73.5 Å². The highest BCUT2D eigenvalue weighted by molar-refractivity contribution is 5.75. The Kier molecular flexibility index (Phi) is 6.52. The Morgan fingerprint density at radius 2 is 0.903 bits per heavy atom. The predicted molar refractivity (Wildman–Crippen MR) is 130 cm³/mol. The molecule has 3 heteroatoms. The largest absolute Gasteiger partial charge is 0.354 e. The molecule has 3 heterocycles. The van der Waals surface area contributed by atoms with Crippen molar-refractivity contribution in [3.05, 3.63) is 71.8 Å². The van der Waals surface area contributed by atoms with E-state index in [0.29, 0.717) is 0 Å². The Hall–Kier alpha value is -2.36. The van der Waals surface area contributed by atoms with Crippen molar-refractivity contribution >= 4 is 0 Å². The molecule has 2 aliphatic rings. The number of likely N-dealkylation sites (tertiary alicyclic amines) is 2. The molecular weight excluding hydrogens is 378 g/mol. The fourth-order valence-corrected chi connectivity index (χ4v) is 5.31. The zero-order chi connectivity index (χ0) is 20.9. The lowest BCUT2D eigenvalue weighted by Crippen LogP contribution is -2.31. The molecule has 0 atom stereocenters. The van der Waals surface area contributed by atoms with Crippen molar-refractivity contribution < 1.29 is 0 Å². The maximum Gasteiger partial charge on any atom is 0.0507 e. The number of benzene rings is 2. The summed E-state index contributed by atoms with van der Waals surface area (Å²) >= 11 is 0. The number of hydrogen-bond acceptors (Lipinski definition) is 2. The molecule has 2 aromatic carbocycles. The summed E-state index contributed by atoms with van der Waals surface area (Å²) in [5.74, 6) is 0. The Morgan fingerprint density at radius 1 is 0.516 bits per heavy atom. The molecule has 1 aromatic heterocycles. The van der Waals surface area contributed by atoms with Gasteiger partial charge in [-0.25, -0.2) is 0 Å². The molecule has 0 aliphatic carbocycles. The van der Waals surface area contributed by atoms with Crippen LogP contribution in [0.3, 0.4) is 0 Å². The van der Waals surface area contributed by atoms with Crippen LogP contribution in [-0.4, -0.2) is 41.0 Å². The molecular formula is C28H35N3. The number of H-pyrrole nitrogens is 1. The first kappa shape index (κ1) is 20.5. The summed E-state index contributed by atoms with van der Waals surface area (Å²) in [7, 11) is 0. The zero-order valence-electron chi connectivity index (χ0n) is 18.7. The summed E-state index contributed by atoms with van der Waals surface area (Å²) in [4.78, 5) is 9.26. The molecule has 0 radical (unpaired) electrons. The van der Waals surface area contributed by atoms with E-state index in [1.807, 2.05) is 0 Å². The van der Waals surface area contributed by atoms with E-state index < -0.39 is 0 Å². The van der Waals surface area contributed by atoms with Crippen LogP contribution in [0.25, 0.3) is 22.5 Å². The SMILES string of the molecule is c1ccc(-c2[nH]c(-c3ccccc3)c(CN3CCCCC3)c2CN2CCCCC2)cc1. The Labute approximate surface area is 187 Å². The summed E-state index contributed by atoms with van der Waals surface area (Å²) in [5, 5.41) is 0. The topological polar surface area (TPSA) is 22.3 Å². The molecule has 162 valence electrons. The molecule has 3 aromatic rings. The minimum atomic E-state index is 1.05. The van der Waals surface area contributed by atoms with Gasteiger partial charge in [0.1, 0.15) is 0 Å². The standard InChI is InChI=1S/C28H35N3/c1-5-13-23(14-6-1)27-25(21-30-17-9-3-10-18-30)26(22-31-19-11-4-12-20-31)28(29-27)24-15-7-2-8-16-24/h1-2,5-8,13-16,29H,3-4,9-12,17-22H2. The van der Waals surface area contributed by atoms with E-state index in [1.54, 1.807) is 0 Å². The second kappa shape index (κ2) is 9.84. The summed E-state index contributed by atoms with van der Waals surface area (Å²) in [6.07, 6.45) is 8.09. The van der Waals surface area contributed by atoms with Crippen LogP contribution in [0.4, 0.5) is 0 Å². The van der Waals surface area contributed by atoms with Crippen LogP contribution in [0.2, 0.25) is 0 Å². The second-order valence-corrected chi connectivity index (χ2v) is 9.24. The van der Waals surface area contributed by atoms with E-state index >= 15 is 0 Å². The maximum absolute atomic E-state index is 3.91. The Balaban J connectivity index is 1.60. The van der Waals surface area contributed by atoms with E-state index in [1.165, 1.54) is 98.3 Å². The van der Waals surface area contributed by atoms with Crippen LogP contribution >= 0.6 is 0 Å². The molecule has 0 bridgehead atoms. The van der Waals surface area contributed by atoms with Gasteiger partial charge in [0.05, 0.1) is 11.4 Å². The van der Waals surface area contributed by atoms with Crippen molar-refractivity contribution in [2.45, 2.75) is 51.6 Å². The van der Waals surface area contributed by atoms with Crippen LogP contribution in [0.5, 0.6) is 0 Å². The second-order valence-electron chi connectivity index (χ2n) is 9.24.